The van der Waals surface area contributed by atoms with E-state index in [4.69, 9.17) is 5.11 Å². The van der Waals surface area contributed by atoms with Crippen LogP contribution in [0.2, 0.25) is 0 Å². The molecule has 0 spiro atoms. The van der Waals surface area contributed by atoms with Gasteiger partial charge in [0.1, 0.15) is 4.45 Å². The minimum absolute atomic E-state index is 0.340. The molecule has 3 nitrogen and oxygen atoms in total. The third kappa shape index (κ3) is 1.53. The number of carboxylic acid groups (broad SMARTS) is 1. The first-order chi connectivity index (χ1) is 5.60. The Morgan fingerprint density at radius 1 is 1.83 bits per heavy atom. The van der Waals surface area contributed by atoms with Crippen molar-refractivity contribution in [3.63, 3.8) is 0 Å². The maximum absolute atomic E-state index is 10.8. The van der Waals surface area contributed by atoms with Gasteiger partial charge in [-0.05, 0) is 24.8 Å². The minimum Gasteiger partial charge on any atom is -0.478 e. The van der Waals surface area contributed by atoms with Gasteiger partial charge in [-0.3, -0.25) is 0 Å². The molecule has 1 rings (SSSR count). The van der Waals surface area contributed by atoms with Crippen molar-refractivity contribution < 1.29 is 9.90 Å². The van der Waals surface area contributed by atoms with Crippen LogP contribution in [0.1, 0.15) is 13.3 Å². The summed E-state index contributed by atoms with van der Waals surface area (Å²) in [6.07, 6.45) is 5.68. The fraction of sp³-hybridized carbons (Fsp3) is 0.375. The summed E-state index contributed by atoms with van der Waals surface area (Å²) >= 11 is 3.35. The summed E-state index contributed by atoms with van der Waals surface area (Å²) in [5, 5.41) is 11.8. The standard InChI is InChI=1S/C8H10BrNO2/c1-2-8(9)6(7(11)12)4-3-5-10-8/h3-5,10H,2H2,1H3,(H,11,12). The van der Waals surface area contributed by atoms with E-state index in [1.165, 1.54) is 0 Å². The molecule has 2 N–H and O–H groups in total. The van der Waals surface area contributed by atoms with Gasteiger partial charge >= 0.3 is 5.97 Å². The Balaban J connectivity index is 2.98. The molecular weight excluding hydrogens is 222 g/mol. The van der Waals surface area contributed by atoms with Crippen LogP contribution >= 0.6 is 15.9 Å². The van der Waals surface area contributed by atoms with Crippen molar-refractivity contribution in [2.45, 2.75) is 17.8 Å². The van der Waals surface area contributed by atoms with Crippen molar-refractivity contribution in [3.8, 4) is 0 Å². The molecule has 0 aromatic heterocycles. The van der Waals surface area contributed by atoms with E-state index in [1.807, 2.05) is 6.92 Å². The molecule has 0 saturated carbocycles. The highest BCUT2D eigenvalue weighted by Crippen LogP contribution is 2.30. The minimum atomic E-state index is -0.898. The topological polar surface area (TPSA) is 49.3 Å². The summed E-state index contributed by atoms with van der Waals surface area (Å²) in [5.74, 6) is -0.898. The van der Waals surface area contributed by atoms with Crippen molar-refractivity contribution in [2.24, 2.45) is 0 Å². The Morgan fingerprint density at radius 3 is 2.92 bits per heavy atom. The number of allylic oxidation sites excluding steroid dienone is 2. The predicted octanol–water partition coefficient (Wildman–Crippen LogP) is 1.62. The van der Waals surface area contributed by atoms with Gasteiger partial charge in [0, 0.05) is 0 Å². The molecule has 12 heavy (non-hydrogen) atoms. The molecule has 1 unspecified atom stereocenters. The second-order valence-electron chi connectivity index (χ2n) is 2.54. The van der Waals surface area contributed by atoms with Gasteiger partial charge < -0.3 is 10.4 Å². The SMILES string of the molecule is CCC1(Br)NC=CC=C1C(=O)O. The first-order valence-corrected chi connectivity index (χ1v) is 4.46. The molecule has 0 saturated heterocycles. The summed E-state index contributed by atoms with van der Waals surface area (Å²) in [7, 11) is 0. The third-order valence-corrected chi connectivity index (χ3v) is 3.03. The van der Waals surface area contributed by atoms with Crippen LogP contribution in [0.15, 0.2) is 23.9 Å². The second kappa shape index (κ2) is 3.31. The van der Waals surface area contributed by atoms with Crippen LogP contribution in [0.4, 0.5) is 0 Å². The summed E-state index contributed by atoms with van der Waals surface area (Å²) in [4.78, 5) is 10.8. The van der Waals surface area contributed by atoms with Crippen LogP contribution in [0.25, 0.3) is 0 Å². The van der Waals surface area contributed by atoms with Crippen molar-refractivity contribution in [1.82, 2.24) is 5.32 Å². The van der Waals surface area contributed by atoms with E-state index >= 15 is 0 Å². The fourth-order valence-corrected chi connectivity index (χ4v) is 1.50. The number of rotatable bonds is 2. The zero-order valence-electron chi connectivity index (χ0n) is 6.67. The number of hydrogen-bond donors (Lipinski definition) is 2. The van der Waals surface area contributed by atoms with Crippen LogP contribution in [0.3, 0.4) is 0 Å². The zero-order chi connectivity index (χ0) is 9.19. The Bertz CT molecular complexity index is 260. The normalized spacial score (nSPS) is 27.7. The molecule has 66 valence electrons. The van der Waals surface area contributed by atoms with Crippen molar-refractivity contribution in [2.75, 3.05) is 0 Å². The number of carboxylic acids is 1. The summed E-state index contributed by atoms with van der Waals surface area (Å²) in [5.41, 5.74) is 0.340. The van der Waals surface area contributed by atoms with Gasteiger partial charge in [0.25, 0.3) is 0 Å². The van der Waals surface area contributed by atoms with E-state index < -0.39 is 10.4 Å². The number of dihydropyridines is 1. The molecule has 0 radical (unpaired) electrons. The number of halogens is 1. The summed E-state index contributed by atoms with van der Waals surface area (Å²) in [6, 6.07) is 0. The Hall–Kier alpha value is -0.770. The molecule has 0 fully saturated rings. The first-order valence-electron chi connectivity index (χ1n) is 3.67. The van der Waals surface area contributed by atoms with Gasteiger partial charge in [-0.25, -0.2) is 4.79 Å². The van der Waals surface area contributed by atoms with Crippen LogP contribution < -0.4 is 5.32 Å². The maximum atomic E-state index is 10.8. The number of nitrogens with one attached hydrogen (secondary N) is 1. The maximum Gasteiger partial charge on any atom is 0.334 e. The van der Waals surface area contributed by atoms with Gasteiger partial charge in [0.15, 0.2) is 0 Å². The van der Waals surface area contributed by atoms with Crippen LogP contribution in [0, 0.1) is 0 Å². The fourth-order valence-electron chi connectivity index (χ4n) is 1.07. The average molecular weight is 232 g/mol. The Kier molecular flexibility index (Phi) is 2.57. The zero-order valence-corrected chi connectivity index (χ0v) is 8.26. The molecule has 1 aliphatic heterocycles. The van der Waals surface area contributed by atoms with E-state index in [-0.39, 0.29) is 0 Å². The quantitative estimate of drug-likeness (QED) is 0.561. The monoisotopic (exact) mass is 231 g/mol. The van der Waals surface area contributed by atoms with Gasteiger partial charge in [-0.15, -0.1) is 0 Å². The van der Waals surface area contributed by atoms with E-state index in [9.17, 15) is 4.79 Å². The van der Waals surface area contributed by atoms with Crippen LogP contribution in [-0.2, 0) is 4.79 Å². The molecule has 0 aromatic rings. The lowest BCUT2D eigenvalue weighted by atomic mass is 10.0. The molecule has 0 bridgehead atoms. The van der Waals surface area contributed by atoms with Crippen molar-refractivity contribution in [3.05, 3.63) is 23.9 Å². The van der Waals surface area contributed by atoms with Gasteiger partial charge in [0.05, 0.1) is 5.57 Å². The predicted molar refractivity (Wildman–Crippen MR) is 49.9 cm³/mol. The lowest BCUT2D eigenvalue weighted by molar-refractivity contribution is -0.133. The third-order valence-electron chi connectivity index (χ3n) is 1.82. The van der Waals surface area contributed by atoms with E-state index in [0.717, 1.165) is 0 Å². The smallest absolute Gasteiger partial charge is 0.334 e. The largest absolute Gasteiger partial charge is 0.478 e. The highest BCUT2D eigenvalue weighted by Gasteiger charge is 2.33. The Morgan fingerprint density at radius 2 is 2.50 bits per heavy atom. The average Bonchev–Trinajstić information content (AvgIpc) is 2.05. The van der Waals surface area contributed by atoms with E-state index in [2.05, 4.69) is 21.2 Å². The molecule has 0 amide bonds. The molecule has 1 atom stereocenters. The number of carbonyl (C=O) groups is 1. The highest BCUT2D eigenvalue weighted by molar-refractivity contribution is 9.10. The second-order valence-corrected chi connectivity index (χ2v) is 3.90. The van der Waals surface area contributed by atoms with E-state index in [0.29, 0.717) is 12.0 Å². The van der Waals surface area contributed by atoms with Gasteiger partial charge in [-0.1, -0.05) is 22.9 Å². The molecule has 1 heterocycles. The molecule has 0 aliphatic carbocycles. The number of aliphatic carboxylic acids is 1. The summed E-state index contributed by atoms with van der Waals surface area (Å²) < 4.78 is -0.604. The molecule has 0 aromatic carbocycles. The lowest BCUT2D eigenvalue weighted by Crippen LogP contribution is -2.41. The lowest BCUT2D eigenvalue weighted by Gasteiger charge is -2.29. The van der Waals surface area contributed by atoms with E-state index in [1.54, 1.807) is 18.4 Å². The summed E-state index contributed by atoms with van der Waals surface area (Å²) in [6.45, 7) is 1.91. The highest BCUT2D eigenvalue weighted by atomic mass is 79.9. The Labute approximate surface area is 79.3 Å². The first kappa shape index (κ1) is 9.32. The number of alkyl halides is 1. The number of hydrogen-bond acceptors (Lipinski definition) is 2. The van der Waals surface area contributed by atoms with Gasteiger partial charge in [-0.2, -0.15) is 0 Å². The molecule has 4 heteroatoms. The molecular formula is C8H10BrNO2. The van der Waals surface area contributed by atoms with Gasteiger partial charge in [0.2, 0.25) is 0 Å². The van der Waals surface area contributed by atoms with Crippen molar-refractivity contribution >= 4 is 21.9 Å². The van der Waals surface area contributed by atoms with Crippen molar-refractivity contribution in [1.29, 1.82) is 0 Å². The van der Waals surface area contributed by atoms with Crippen LogP contribution in [-0.4, -0.2) is 15.5 Å². The molecule has 1 aliphatic rings. The van der Waals surface area contributed by atoms with Crippen LogP contribution in [0.5, 0.6) is 0 Å².